The van der Waals surface area contributed by atoms with Gasteiger partial charge < -0.3 is 10.2 Å². The maximum Gasteiger partial charge on any atom is 0.119 e. The number of phenolic OH excluding ortho intramolecular Hbond substituents is 2. The predicted octanol–water partition coefficient (Wildman–Crippen LogP) is 4.88. The van der Waals surface area contributed by atoms with E-state index in [2.05, 4.69) is 32.9 Å². The number of aromatic hydroxyl groups is 2. The Kier molecular flexibility index (Phi) is 6.20. The lowest BCUT2D eigenvalue weighted by atomic mass is 10.0. The Hall–Kier alpha value is -1.70. The third kappa shape index (κ3) is 6.70. The third-order valence-corrected chi connectivity index (χ3v) is 2.99. The first-order valence-corrected chi connectivity index (χ1v) is 6.80. The molecule has 0 radical (unpaired) electrons. The van der Waals surface area contributed by atoms with Gasteiger partial charge >= 0.3 is 0 Å². The highest BCUT2D eigenvalue weighted by Crippen LogP contribution is 2.22. The average Bonchev–Trinajstić information content (AvgIpc) is 2.27. The molecule has 1 aromatic rings. The van der Waals surface area contributed by atoms with Crippen molar-refractivity contribution in [3.05, 3.63) is 41.5 Å². The van der Waals surface area contributed by atoms with Crippen molar-refractivity contribution in [2.45, 2.75) is 40.0 Å². The quantitative estimate of drug-likeness (QED) is 0.715. The average molecular weight is 260 g/mol. The van der Waals surface area contributed by atoms with Crippen LogP contribution in [0.5, 0.6) is 11.5 Å². The van der Waals surface area contributed by atoms with Crippen LogP contribution in [0, 0.1) is 5.92 Å². The molecule has 0 bridgehead atoms. The van der Waals surface area contributed by atoms with Gasteiger partial charge in [-0.2, -0.15) is 0 Å². The Bertz CT molecular complexity index is 434. The molecule has 19 heavy (non-hydrogen) atoms. The summed E-state index contributed by atoms with van der Waals surface area (Å²) in [5.41, 5.74) is 2.20. The maximum absolute atomic E-state index is 9.37. The van der Waals surface area contributed by atoms with E-state index in [1.807, 2.05) is 6.08 Å². The van der Waals surface area contributed by atoms with Crippen molar-refractivity contribution < 1.29 is 10.2 Å². The van der Waals surface area contributed by atoms with Gasteiger partial charge in [0.25, 0.3) is 0 Å². The summed E-state index contributed by atoms with van der Waals surface area (Å²) in [5, 5.41) is 18.7. The van der Waals surface area contributed by atoms with E-state index in [1.165, 1.54) is 18.1 Å². The molecule has 0 spiro atoms. The maximum atomic E-state index is 9.37. The highest BCUT2D eigenvalue weighted by molar-refractivity contribution is 5.54. The minimum atomic E-state index is 0.0938. The molecule has 0 saturated carbocycles. The van der Waals surface area contributed by atoms with Gasteiger partial charge in [-0.3, -0.25) is 0 Å². The van der Waals surface area contributed by atoms with Gasteiger partial charge in [0.15, 0.2) is 0 Å². The molecule has 0 aromatic heterocycles. The number of benzene rings is 1. The Labute approximate surface area is 116 Å². The van der Waals surface area contributed by atoms with E-state index in [9.17, 15) is 10.2 Å². The monoisotopic (exact) mass is 260 g/mol. The molecule has 2 heteroatoms. The highest BCUT2D eigenvalue weighted by atomic mass is 16.3. The molecule has 2 N–H and O–H groups in total. The summed E-state index contributed by atoms with van der Waals surface area (Å²) >= 11 is 0. The zero-order valence-electron chi connectivity index (χ0n) is 12.1. The van der Waals surface area contributed by atoms with Gasteiger partial charge in [0.05, 0.1) is 0 Å². The Morgan fingerprint density at radius 2 is 1.79 bits per heavy atom. The van der Waals surface area contributed by atoms with Crippen LogP contribution in [0.15, 0.2) is 35.9 Å². The van der Waals surface area contributed by atoms with E-state index in [-0.39, 0.29) is 11.5 Å². The zero-order valence-corrected chi connectivity index (χ0v) is 12.1. The van der Waals surface area contributed by atoms with E-state index >= 15 is 0 Å². The minimum Gasteiger partial charge on any atom is -0.508 e. The van der Waals surface area contributed by atoms with Gasteiger partial charge in [-0.1, -0.05) is 30.7 Å². The smallest absolute Gasteiger partial charge is 0.119 e. The first kappa shape index (κ1) is 15.4. The molecule has 1 atom stereocenters. The van der Waals surface area contributed by atoms with Crippen LogP contribution in [0.4, 0.5) is 0 Å². The van der Waals surface area contributed by atoms with E-state index in [1.54, 1.807) is 12.1 Å². The molecule has 0 saturated heterocycles. The summed E-state index contributed by atoms with van der Waals surface area (Å²) in [5.74, 6) is 0.824. The van der Waals surface area contributed by atoms with Crippen molar-refractivity contribution in [2.75, 3.05) is 0 Å². The van der Waals surface area contributed by atoms with Crippen LogP contribution in [0.1, 0.15) is 45.6 Å². The molecule has 0 heterocycles. The molecule has 104 valence electrons. The van der Waals surface area contributed by atoms with Crippen molar-refractivity contribution in [3.63, 3.8) is 0 Å². The Morgan fingerprint density at radius 3 is 2.37 bits per heavy atom. The fraction of sp³-hybridized carbons (Fsp3) is 0.412. The lowest BCUT2D eigenvalue weighted by Crippen LogP contribution is -1.91. The van der Waals surface area contributed by atoms with Gasteiger partial charge in [-0.15, -0.1) is 0 Å². The van der Waals surface area contributed by atoms with Crippen LogP contribution >= 0.6 is 0 Å². The normalized spacial score (nSPS) is 12.6. The van der Waals surface area contributed by atoms with Crippen LogP contribution in [0.3, 0.4) is 0 Å². The Morgan fingerprint density at radius 1 is 1.16 bits per heavy atom. The van der Waals surface area contributed by atoms with E-state index in [4.69, 9.17) is 0 Å². The van der Waals surface area contributed by atoms with Gasteiger partial charge in [0.2, 0.25) is 0 Å². The number of hydrogen-bond acceptors (Lipinski definition) is 2. The van der Waals surface area contributed by atoms with Crippen LogP contribution < -0.4 is 0 Å². The van der Waals surface area contributed by atoms with E-state index in [0.717, 1.165) is 18.4 Å². The Balaban J connectivity index is 2.42. The topological polar surface area (TPSA) is 40.5 Å². The van der Waals surface area contributed by atoms with Gasteiger partial charge in [-0.25, -0.2) is 0 Å². The van der Waals surface area contributed by atoms with Gasteiger partial charge in [0.1, 0.15) is 11.5 Å². The number of rotatable bonds is 6. The fourth-order valence-corrected chi connectivity index (χ4v) is 1.93. The second-order valence-corrected chi connectivity index (χ2v) is 5.38. The minimum absolute atomic E-state index is 0.0938. The molecule has 0 aliphatic carbocycles. The lowest BCUT2D eigenvalue weighted by molar-refractivity contribution is 0.450. The molecular formula is C17H24O2. The summed E-state index contributed by atoms with van der Waals surface area (Å²) in [6, 6.07) is 4.62. The second kappa shape index (κ2) is 7.67. The molecule has 0 fully saturated rings. The van der Waals surface area contributed by atoms with Crippen LogP contribution in [-0.4, -0.2) is 10.2 Å². The number of phenols is 2. The van der Waals surface area contributed by atoms with E-state index < -0.39 is 0 Å². The molecule has 0 aliphatic rings. The predicted molar refractivity (Wildman–Crippen MR) is 81.3 cm³/mol. The molecule has 1 unspecified atom stereocenters. The van der Waals surface area contributed by atoms with Crippen molar-refractivity contribution in [2.24, 2.45) is 5.92 Å². The molecule has 0 aliphatic heterocycles. The lowest BCUT2D eigenvalue weighted by Gasteiger charge is -2.06. The van der Waals surface area contributed by atoms with Crippen LogP contribution in [-0.2, 0) is 0 Å². The largest absolute Gasteiger partial charge is 0.508 e. The SMILES string of the molecule is CC(C)=CCCC(C)CC=Cc1cc(O)cc(O)c1. The number of allylic oxidation sites excluding steroid dienone is 3. The van der Waals surface area contributed by atoms with Crippen molar-refractivity contribution in [1.82, 2.24) is 0 Å². The molecular weight excluding hydrogens is 236 g/mol. The molecule has 1 rings (SSSR count). The molecule has 2 nitrogen and oxygen atoms in total. The summed E-state index contributed by atoms with van der Waals surface area (Å²) < 4.78 is 0. The fourth-order valence-electron chi connectivity index (χ4n) is 1.93. The third-order valence-electron chi connectivity index (χ3n) is 2.99. The zero-order chi connectivity index (χ0) is 14.3. The first-order valence-electron chi connectivity index (χ1n) is 6.80. The van der Waals surface area contributed by atoms with Crippen molar-refractivity contribution >= 4 is 6.08 Å². The van der Waals surface area contributed by atoms with Crippen LogP contribution in [0.2, 0.25) is 0 Å². The first-order chi connectivity index (χ1) is 8.97. The summed E-state index contributed by atoms with van der Waals surface area (Å²) in [6.07, 6.45) is 9.63. The standard InChI is InChI=1S/C17H24O2/c1-13(2)6-4-7-14(3)8-5-9-15-10-16(18)12-17(19)11-15/h5-6,9-12,14,18-19H,4,7-8H2,1-3H3. The van der Waals surface area contributed by atoms with E-state index in [0.29, 0.717) is 5.92 Å². The van der Waals surface area contributed by atoms with Crippen molar-refractivity contribution in [3.8, 4) is 11.5 Å². The summed E-state index contributed by atoms with van der Waals surface area (Å²) in [7, 11) is 0. The molecule has 1 aromatic carbocycles. The van der Waals surface area contributed by atoms with Gasteiger partial charge in [-0.05, 0) is 56.7 Å². The number of hydrogen-bond donors (Lipinski definition) is 2. The highest BCUT2D eigenvalue weighted by Gasteiger charge is 1.99. The molecule has 0 amide bonds. The van der Waals surface area contributed by atoms with Crippen LogP contribution in [0.25, 0.3) is 6.08 Å². The van der Waals surface area contributed by atoms with Gasteiger partial charge in [0, 0.05) is 6.07 Å². The summed E-state index contributed by atoms with van der Waals surface area (Å²) in [4.78, 5) is 0. The second-order valence-electron chi connectivity index (χ2n) is 5.38. The summed E-state index contributed by atoms with van der Waals surface area (Å²) in [6.45, 7) is 6.49. The van der Waals surface area contributed by atoms with Crippen molar-refractivity contribution in [1.29, 1.82) is 0 Å².